The number of piperidine rings is 1. The quantitative estimate of drug-likeness (QED) is 0.219. The molecule has 1 amide bonds. The van der Waals surface area contributed by atoms with Crippen LogP contribution < -0.4 is 3.58 Å². The van der Waals surface area contributed by atoms with Gasteiger partial charge in [0.15, 0.2) is 0 Å². The maximum absolute atomic E-state index is 13.9. The summed E-state index contributed by atoms with van der Waals surface area (Å²) in [6.45, 7) is 13.9. The van der Waals surface area contributed by atoms with Crippen LogP contribution in [0.4, 0.5) is 9.18 Å². The van der Waals surface area contributed by atoms with Crippen molar-refractivity contribution in [3.8, 4) is 11.3 Å². The Labute approximate surface area is 233 Å². The minimum absolute atomic E-state index is 0.230. The molecule has 0 N–H and O–H groups in total. The van der Waals surface area contributed by atoms with Crippen LogP contribution in [0.5, 0.6) is 0 Å². The van der Waals surface area contributed by atoms with Gasteiger partial charge in [-0.2, -0.15) is 0 Å². The molecule has 38 heavy (non-hydrogen) atoms. The molecule has 7 heteroatoms. The number of likely N-dealkylation sites (tertiary alicyclic amines) is 1. The van der Waals surface area contributed by atoms with Crippen molar-refractivity contribution in [3.05, 3.63) is 35.8 Å². The van der Waals surface area contributed by atoms with E-state index in [0.29, 0.717) is 13.1 Å². The van der Waals surface area contributed by atoms with Crippen LogP contribution in [0.3, 0.4) is 0 Å². The third kappa shape index (κ3) is 7.98. The molecule has 1 aromatic carbocycles. The van der Waals surface area contributed by atoms with E-state index < -0.39 is 24.0 Å². The number of halogens is 1. The van der Waals surface area contributed by atoms with Crippen molar-refractivity contribution in [1.82, 2.24) is 10.1 Å². The Bertz CT molecular complexity index is 985. The molecule has 0 atom stereocenters. The Morgan fingerprint density at radius 1 is 1.00 bits per heavy atom. The molecule has 1 saturated heterocycles. The molecule has 0 unspecified atom stereocenters. The van der Waals surface area contributed by atoms with Crippen molar-refractivity contribution < 1.29 is 18.4 Å². The molecule has 0 spiro atoms. The van der Waals surface area contributed by atoms with Crippen LogP contribution in [0.25, 0.3) is 11.3 Å². The molecule has 1 fully saturated rings. The van der Waals surface area contributed by atoms with Crippen LogP contribution >= 0.6 is 0 Å². The molecular formula is C31H49FN2O3Sn. The first-order valence-electron chi connectivity index (χ1n) is 14.9. The molecule has 5 nitrogen and oxygen atoms in total. The summed E-state index contributed by atoms with van der Waals surface area (Å²) in [4.78, 5) is 14.5. The monoisotopic (exact) mass is 636 g/mol. The summed E-state index contributed by atoms with van der Waals surface area (Å²) < 4.78 is 31.2. The van der Waals surface area contributed by atoms with Gasteiger partial charge in [-0.25, -0.2) is 0 Å². The first kappa shape index (κ1) is 31.0. The fourth-order valence-corrected chi connectivity index (χ4v) is 23.1. The SMILES string of the molecule is CCC[CH2][Sn]([CH2]CCC)([CH2]CCC)[c]1c(-c2ccc(F)cc2)noc1C1CCN(C(=O)OC(C)(C)C)CC1. The zero-order valence-corrected chi connectivity index (χ0v) is 27.4. The van der Waals surface area contributed by atoms with Crippen molar-refractivity contribution >= 4 is 28.0 Å². The number of hydrogen-bond acceptors (Lipinski definition) is 4. The number of benzene rings is 1. The van der Waals surface area contributed by atoms with E-state index >= 15 is 0 Å². The average Bonchev–Trinajstić information content (AvgIpc) is 3.34. The van der Waals surface area contributed by atoms with Gasteiger partial charge in [0.25, 0.3) is 0 Å². The van der Waals surface area contributed by atoms with E-state index in [1.54, 1.807) is 0 Å². The van der Waals surface area contributed by atoms with Gasteiger partial charge in [-0.1, -0.05) is 0 Å². The normalized spacial score (nSPS) is 15.2. The number of unbranched alkanes of at least 4 members (excludes halogenated alkanes) is 3. The molecule has 0 bridgehead atoms. The van der Waals surface area contributed by atoms with Gasteiger partial charge in [-0.3, -0.25) is 0 Å². The molecule has 1 aliphatic rings. The Hall–Kier alpha value is -1.57. The molecule has 0 saturated carbocycles. The second kappa shape index (κ2) is 14.2. The molecule has 0 radical (unpaired) electrons. The molecule has 2 heterocycles. The average molecular weight is 635 g/mol. The van der Waals surface area contributed by atoms with E-state index in [2.05, 4.69) is 20.8 Å². The third-order valence-corrected chi connectivity index (χ3v) is 23.5. The number of carbonyl (C=O) groups excluding carboxylic acids is 1. The maximum atomic E-state index is 13.9. The van der Waals surface area contributed by atoms with Crippen LogP contribution in [0, 0.1) is 5.82 Å². The van der Waals surface area contributed by atoms with Crippen LogP contribution in [-0.4, -0.2) is 53.2 Å². The van der Waals surface area contributed by atoms with Crippen LogP contribution in [0.2, 0.25) is 13.3 Å². The Balaban J connectivity index is 2.03. The van der Waals surface area contributed by atoms with Crippen LogP contribution in [0.15, 0.2) is 28.8 Å². The zero-order chi connectivity index (χ0) is 27.8. The second-order valence-electron chi connectivity index (χ2n) is 12.1. The summed E-state index contributed by atoms with van der Waals surface area (Å²) in [5, 5.41) is 4.73. The number of aromatic nitrogens is 1. The number of ether oxygens (including phenoxy) is 1. The molecule has 0 aliphatic carbocycles. The predicted molar refractivity (Wildman–Crippen MR) is 156 cm³/mol. The summed E-state index contributed by atoms with van der Waals surface area (Å²) >= 11 is -2.98. The number of nitrogens with zero attached hydrogens (tertiary/aromatic N) is 2. The fourth-order valence-electron chi connectivity index (χ4n) is 5.85. The van der Waals surface area contributed by atoms with Crippen molar-refractivity contribution in [3.63, 3.8) is 0 Å². The summed E-state index contributed by atoms with van der Waals surface area (Å²) in [5.41, 5.74) is 1.43. The van der Waals surface area contributed by atoms with Gasteiger partial charge >= 0.3 is 234 Å². The first-order valence-corrected chi connectivity index (χ1v) is 22.4. The Kier molecular flexibility index (Phi) is 11.6. The van der Waals surface area contributed by atoms with Gasteiger partial charge < -0.3 is 0 Å². The summed E-state index contributed by atoms with van der Waals surface area (Å²) in [6.07, 6.45) is 8.77. The second-order valence-corrected chi connectivity index (χ2v) is 25.1. The van der Waals surface area contributed by atoms with Crippen molar-refractivity contribution in [2.24, 2.45) is 0 Å². The zero-order valence-electron chi connectivity index (χ0n) is 24.6. The van der Waals surface area contributed by atoms with Gasteiger partial charge in [-0.15, -0.1) is 0 Å². The predicted octanol–water partition coefficient (Wildman–Crippen LogP) is 8.65. The van der Waals surface area contributed by atoms with Crippen LogP contribution in [-0.2, 0) is 4.74 Å². The van der Waals surface area contributed by atoms with E-state index in [1.807, 2.05) is 37.8 Å². The molecule has 1 aliphatic heterocycles. The fraction of sp³-hybridized carbons (Fsp3) is 0.677. The number of carbonyl (C=O) groups is 1. The Morgan fingerprint density at radius 2 is 1.53 bits per heavy atom. The van der Waals surface area contributed by atoms with E-state index in [-0.39, 0.29) is 17.8 Å². The van der Waals surface area contributed by atoms with Gasteiger partial charge in [0, 0.05) is 0 Å². The number of hydrogen-bond donors (Lipinski definition) is 0. The summed E-state index contributed by atoms with van der Waals surface area (Å²) in [7, 11) is 0. The first-order chi connectivity index (χ1) is 18.1. The van der Waals surface area contributed by atoms with E-state index in [9.17, 15) is 9.18 Å². The molecule has 2 aromatic rings. The standard InChI is InChI=1S/C19H22FN2O3.3C4H9.Sn/c1-19(2,3)24-18(23)22-10-8-14(9-11-22)17-12-16(21-25-17)13-4-6-15(20)7-5-13;3*1-3-4-2;/h4-7,14H,8-11H2,1-3H3;3*1,3-4H2,2H3;. The van der Waals surface area contributed by atoms with E-state index in [0.717, 1.165) is 29.9 Å². The van der Waals surface area contributed by atoms with Gasteiger partial charge in [0.05, 0.1) is 0 Å². The van der Waals surface area contributed by atoms with Gasteiger partial charge in [0.2, 0.25) is 0 Å². The van der Waals surface area contributed by atoms with E-state index in [4.69, 9.17) is 14.4 Å². The molecule has 3 rings (SSSR count). The van der Waals surface area contributed by atoms with E-state index in [1.165, 1.54) is 67.5 Å². The number of rotatable bonds is 12. The third-order valence-electron chi connectivity index (χ3n) is 7.91. The minimum atomic E-state index is -2.98. The molecular weight excluding hydrogens is 586 g/mol. The summed E-state index contributed by atoms with van der Waals surface area (Å²) in [5.74, 6) is 1.09. The van der Waals surface area contributed by atoms with Crippen molar-refractivity contribution in [2.75, 3.05) is 13.1 Å². The Morgan fingerprint density at radius 3 is 2.00 bits per heavy atom. The van der Waals surface area contributed by atoms with Crippen molar-refractivity contribution in [2.45, 2.75) is 118 Å². The topological polar surface area (TPSA) is 55.6 Å². The summed E-state index contributed by atoms with van der Waals surface area (Å²) in [6, 6.07) is 6.80. The van der Waals surface area contributed by atoms with Crippen LogP contribution in [0.1, 0.15) is 105 Å². The van der Waals surface area contributed by atoms with Crippen molar-refractivity contribution in [1.29, 1.82) is 0 Å². The molecule has 1 aromatic heterocycles. The number of amides is 1. The van der Waals surface area contributed by atoms with Gasteiger partial charge in [0.1, 0.15) is 0 Å². The molecule has 212 valence electrons. The van der Waals surface area contributed by atoms with Gasteiger partial charge in [-0.05, 0) is 0 Å².